The summed E-state index contributed by atoms with van der Waals surface area (Å²) in [5, 5.41) is 1.94. The van der Waals surface area contributed by atoms with Gasteiger partial charge < -0.3 is 19.0 Å². The number of nitrogens with one attached hydrogen (secondary N) is 1. The van der Waals surface area contributed by atoms with Crippen LogP contribution in [0.15, 0.2) is 46.2 Å². The molecule has 0 aliphatic carbocycles. The van der Waals surface area contributed by atoms with Gasteiger partial charge in [-0.3, -0.25) is 24.1 Å². The second-order valence-corrected chi connectivity index (χ2v) is 11.1. The van der Waals surface area contributed by atoms with Gasteiger partial charge in [0.05, 0.1) is 22.2 Å². The van der Waals surface area contributed by atoms with Crippen molar-refractivity contribution in [1.29, 1.82) is 0 Å². The molecule has 0 aromatic heterocycles. The summed E-state index contributed by atoms with van der Waals surface area (Å²) >= 11 is 2.54. The highest BCUT2D eigenvalue weighted by molar-refractivity contribution is 14.1. The van der Waals surface area contributed by atoms with Crippen LogP contribution in [0.2, 0.25) is 0 Å². The second-order valence-electron chi connectivity index (χ2n) is 7.35. The predicted molar refractivity (Wildman–Crippen MR) is 144 cm³/mol. The van der Waals surface area contributed by atoms with E-state index in [1.807, 2.05) is 22.6 Å². The van der Waals surface area contributed by atoms with Crippen LogP contribution in [0, 0.1) is 3.57 Å². The number of imide groups is 1. The molecule has 3 amide bonds. The topological polar surface area (TPSA) is 145 Å². The number of hydrogen-bond donors (Lipinski definition) is 1. The first kappa shape index (κ1) is 28.5. The zero-order valence-electron chi connectivity index (χ0n) is 19.8. The molecule has 1 N–H and O–H groups in total. The van der Waals surface area contributed by atoms with Gasteiger partial charge in [0.1, 0.15) is 11.4 Å². The maximum Gasteiger partial charge on any atom is 0.339 e. The summed E-state index contributed by atoms with van der Waals surface area (Å²) in [7, 11) is -3.11. The van der Waals surface area contributed by atoms with Crippen LogP contribution in [-0.4, -0.2) is 56.6 Å². The molecule has 11 nitrogen and oxygen atoms in total. The average molecular weight is 660 g/mol. The largest absolute Gasteiger partial charge is 0.490 e. The first-order valence-electron chi connectivity index (χ1n) is 10.6. The van der Waals surface area contributed by atoms with Crippen LogP contribution in [0.1, 0.15) is 19.4 Å². The number of esters is 1. The van der Waals surface area contributed by atoms with Crippen molar-refractivity contribution in [3.63, 3.8) is 0 Å². The summed E-state index contributed by atoms with van der Waals surface area (Å²) in [5.41, 5.74) is 0.872. The highest BCUT2D eigenvalue weighted by Gasteiger charge is 2.36. The molecule has 0 bridgehead atoms. The lowest BCUT2D eigenvalue weighted by Gasteiger charge is -2.15. The van der Waals surface area contributed by atoms with Gasteiger partial charge in [0, 0.05) is 12.6 Å². The maximum absolute atomic E-state index is 12.9. The van der Waals surface area contributed by atoms with E-state index >= 15 is 0 Å². The number of benzene rings is 2. The van der Waals surface area contributed by atoms with Crippen molar-refractivity contribution in [2.24, 2.45) is 0 Å². The lowest BCUT2D eigenvalue weighted by molar-refractivity contribution is -0.143. The van der Waals surface area contributed by atoms with Crippen LogP contribution < -0.4 is 14.2 Å². The van der Waals surface area contributed by atoms with Gasteiger partial charge in [-0.25, -0.2) is 0 Å². The quantitative estimate of drug-likeness (QED) is 0.183. The Balaban J connectivity index is 1.90. The van der Waals surface area contributed by atoms with Crippen LogP contribution in [0.25, 0.3) is 6.08 Å². The lowest BCUT2D eigenvalue weighted by atomic mass is 10.2. The Labute approximate surface area is 230 Å². The molecule has 2 aromatic carbocycles. The van der Waals surface area contributed by atoms with Crippen molar-refractivity contribution in [3.8, 4) is 11.5 Å². The average Bonchev–Trinajstić information content (AvgIpc) is 3.08. The summed E-state index contributed by atoms with van der Waals surface area (Å²) in [5.74, 6) is -1.63. The van der Waals surface area contributed by atoms with E-state index in [2.05, 4.69) is 10.1 Å². The summed E-state index contributed by atoms with van der Waals surface area (Å²) in [6.07, 6.45) is 1.44. The number of hydrogen-bond acceptors (Lipinski definition) is 10. The summed E-state index contributed by atoms with van der Waals surface area (Å²) in [4.78, 5) is 48.2. The number of methoxy groups -OCH3 is 1. The molecule has 196 valence electrons. The zero-order chi connectivity index (χ0) is 27.3. The Bertz CT molecular complexity index is 1390. The normalized spacial score (nSPS) is 14.6. The SMILES string of the molecule is CCOc1cc(/C=C2\SC(=O)N(CC(=O)OC)C2=O)cc(I)c1OS(=O)(=O)c1ccc(NC(C)=O)cc1. The fourth-order valence-electron chi connectivity index (χ4n) is 3.06. The third kappa shape index (κ3) is 7.01. The fraction of sp³-hybridized carbons (Fsp3) is 0.217. The van der Waals surface area contributed by atoms with Gasteiger partial charge in [-0.2, -0.15) is 8.42 Å². The molecule has 0 atom stereocenters. The number of rotatable bonds is 9. The molecule has 0 unspecified atom stereocenters. The Morgan fingerprint density at radius 2 is 1.84 bits per heavy atom. The zero-order valence-corrected chi connectivity index (χ0v) is 23.6. The van der Waals surface area contributed by atoms with E-state index in [1.165, 1.54) is 43.3 Å². The van der Waals surface area contributed by atoms with Gasteiger partial charge in [-0.1, -0.05) is 0 Å². The smallest absolute Gasteiger partial charge is 0.339 e. The molecule has 0 spiro atoms. The summed E-state index contributed by atoms with van der Waals surface area (Å²) in [6, 6.07) is 8.50. The van der Waals surface area contributed by atoms with Gasteiger partial charge in [0.15, 0.2) is 11.5 Å². The molecule has 1 heterocycles. The number of thioether (sulfide) groups is 1. The highest BCUT2D eigenvalue weighted by Crippen LogP contribution is 2.39. The molecule has 37 heavy (non-hydrogen) atoms. The Morgan fingerprint density at radius 1 is 1.16 bits per heavy atom. The molecule has 0 saturated carbocycles. The van der Waals surface area contributed by atoms with Crippen LogP contribution in [0.5, 0.6) is 11.5 Å². The molecular weight excluding hydrogens is 639 g/mol. The molecule has 0 radical (unpaired) electrons. The van der Waals surface area contributed by atoms with Crippen LogP contribution in [0.3, 0.4) is 0 Å². The van der Waals surface area contributed by atoms with Crippen molar-refractivity contribution in [2.75, 3.05) is 25.6 Å². The minimum absolute atomic E-state index is 0.0515. The molecule has 1 aliphatic heterocycles. The van der Waals surface area contributed by atoms with E-state index in [1.54, 1.807) is 13.0 Å². The van der Waals surface area contributed by atoms with E-state index in [-0.39, 0.29) is 33.8 Å². The van der Waals surface area contributed by atoms with Gasteiger partial charge >= 0.3 is 16.1 Å². The van der Waals surface area contributed by atoms with E-state index < -0.39 is 33.8 Å². The Morgan fingerprint density at radius 3 is 2.43 bits per heavy atom. The molecule has 1 aliphatic rings. The van der Waals surface area contributed by atoms with Crippen molar-refractivity contribution in [2.45, 2.75) is 18.7 Å². The van der Waals surface area contributed by atoms with Crippen molar-refractivity contribution in [1.82, 2.24) is 4.90 Å². The molecular formula is C23H21IN2O9S2. The molecule has 2 aromatic rings. The number of halogens is 1. The van der Waals surface area contributed by atoms with Crippen LogP contribution in [-0.2, 0) is 29.2 Å². The van der Waals surface area contributed by atoms with Crippen LogP contribution >= 0.6 is 34.4 Å². The van der Waals surface area contributed by atoms with Crippen molar-refractivity contribution >= 4 is 79.3 Å². The monoisotopic (exact) mass is 660 g/mol. The van der Waals surface area contributed by atoms with Gasteiger partial charge in [-0.05, 0) is 89.3 Å². The third-order valence-electron chi connectivity index (χ3n) is 4.67. The minimum atomic E-state index is -4.26. The summed E-state index contributed by atoms with van der Waals surface area (Å²) in [6.45, 7) is 2.73. The number of amides is 3. The van der Waals surface area contributed by atoms with E-state index in [0.717, 1.165) is 12.0 Å². The number of carbonyl (C=O) groups is 4. The van der Waals surface area contributed by atoms with Crippen molar-refractivity contribution in [3.05, 3.63) is 50.4 Å². The van der Waals surface area contributed by atoms with Crippen LogP contribution in [0.4, 0.5) is 10.5 Å². The predicted octanol–water partition coefficient (Wildman–Crippen LogP) is 3.63. The Hall–Kier alpha value is -3.11. The Kier molecular flexibility index (Phi) is 9.20. The lowest BCUT2D eigenvalue weighted by Crippen LogP contribution is -2.34. The first-order chi connectivity index (χ1) is 17.4. The number of ether oxygens (including phenoxy) is 2. The second kappa shape index (κ2) is 12.0. The van der Waals surface area contributed by atoms with Gasteiger partial charge in [-0.15, -0.1) is 0 Å². The van der Waals surface area contributed by atoms with Gasteiger partial charge in [0.2, 0.25) is 5.91 Å². The third-order valence-corrected chi connectivity index (χ3v) is 7.62. The number of anilines is 1. The minimum Gasteiger partial charge on any atom is -0.490 e. The first-order valence-corrected chi connectivity index (χ1v) is 13.9. The van der Waals surface area contributed by atoms with E-state index in [9.17, 15) is 27.6 Å². The number of nitrogens with zero attached hydrogens (tertiary/aromatic N) is 1. The molecule has 14 heteroatoms. The van der Waals surface area contributed by atoms with E-state index in [0.29, 0.717) is 26.6 Å². The molecule has 3 rings (SSSR count). The van der Waals surface area contributed by atoms with E-state index in [4.69, 9.17) is 8.92 Å². The number of carbonyl (C=O) groups excluding carboxylic acids is 4. The summed E-state index contributed by atoms with van der Waals surface area (Å²) < 4.78 is 41.7. The van der Waals surface area contributed by atoms with Crippen molar-refractivity contribution < 1.29 is 41.3 Å². The molecule has 1 fully saturated rings. The standard InChI is InChI=1S/C23H21IN2O9S2/c1-4-34-18-10-14(11-19-22(29)26(23(30)36-19)12-20(28)33-3)9-17(24)21(18)35-37(31,32)16-7-5-15(6-8-16)25-13(2)27/h5-11H,4,12H2,1-3H3,(H,25,27)/b19-11-. The maximum atomic E-state index is 12.9. The fourth-order valence-corrected chi connectivity index (χ4v) is 5.74. The van der Waals surface area contributed by atoms with Gasteiger partial charge in [0.25, 0.3) is 11.1 Å². The highest BCUT2D eigenvalue weighted by atomic mass is 127. The molecule has 1 saturated heterocycles.